The first-order chi connectivity index (χ1) is 11.3. The van der Waals surface area contributed by atoms with Crippen molar-refractivity contribution in [1.82, 2.24) is 0 Å². The molecule has 2 aromatic carbocycles. The fraction of sp³-hybridized carbons (Fsp3) is 0.190. The van der Waals surface area contributed by atoms with Gasteiger partial charge in [-0.15, -0.1) is 0 Å². The summed E-state index contributed by atoms with van der Waals surface area (Å²) in [5, 5.41) is 0. The second kappa shape index (κ2) is 7.35. The molecule has 0 aromatic heterocycles. The molecule has 0 saturated carbocycles. The van der Waals surface area contributed by atoms with Gasteiger partial charge in [-0.25, -0.2) is 8.78 Å². The third-order valence-electron chi connectivity index (χ3n) is 3.68. The van der Waals surface area contributed by atoms with Crippen molar-refractivity contribution in [3.63, 3.8) is 0 Å². The summed E-state index contributed by atoms with van der Waals surface area (Å²) >= 11 is 0. The van der Waals surface area contributed by atoms with Gasteiger partial charge in [-0.2, -0.15) is 0 Å². The first-order valence-corrected chi connectivity index (χ1v) is 7.71. The Bertz CT molecular complexity index is 713. The van der Waals surface area contributed by atoms with Crippen molar-refractivity contribution < 1.29 is 13.6 Å². The molecule has 0 saturated heterocycles. The van der Waals surface area contributed by atoms with Gasteiger partial charge in [0.05, 0.1) is 0 Å². The second-order valence-electron chi connectivity index (χ2n) is 6.55. The molecule has 0 spiro atoms. The summed E-state index contributed by atoms with van der Waals surface area (Å²) in [4.78, 5) is 10.8. The molecule has 24 heavy (non-hydrogen) atoms. The monoisotopic (exact) mass is 326 g/mol. The Morgan fingerprint density at radius 3 is 1.58 bits per heavy atom. The van der Waals surface area contributed by atoms with Gasteiger partial charge < -0.3 is 0 Å². The molecule has 3 heteroatoms. The Labute approximate surface area is 141 Å². The first kappa shape index (κ1) is 17.8. The fourth-order valence-electron chi connectivity index (χ4n) is 2.55. The van der Waals surface area contributed by atoms with Crippen molar-refractivity contribution >= 4 is 11.9 Å². The summed E-state index contributed by atoms with van der Waals surface area (Å²) in [5.74, 6) is -0.643. The van der Waals surface area contributed by atoms with Crippen molar-refractivity contribution in [2.24, 2.45) is 5.41 Å². The van der Waals surface area contributed by atoms with Gasteiger partial charge >= 0.3 is 0 Å². The predicted octanol–water partition coefficient (Wildman–Crippen LogP) is 5.57. The van der Waals surface area contributed by atoms with Crippen LogP contribution in [0, 0.1) is 17.0 Å². The maximum Gasteiger partial charge on any atom is 0.142 e. The van der Waals surface area contributed by atoms with Crippen LogP contribution in [0.1, 0.15) is 31.9 Å². The topological polar surface area (TPSA) is 17.1 Å². The fourth-order valence-corrected chi connectivity index (χ4v) is 2.55. The van der Waals surface area contributed by atoms with Gasteiger partial charge in [-0.1, -0.05) is 51.1 Å². The van der Waals surface area contributed by atoms with E-state index in [-0.39, 0.29) is 17.0 Å². The number of carbonyl (C=O) groups excluding carboxylic acids is 1. The van der Waals surface area contributed by atoms with E-state index in [9.17, 15) is 13.6 Å². The smallest absolute Gasteiger partial charge is 0.142 e. The molecule has 0 N–H and O–H groups in total. The van der Waals surface area contributed by atoms with E-state index in [1.807, 2.05) is 20.8 Å². The minimum Gasteiger partial charge on any atom is -0.299 e. The van der Waals surface area contributed by atoms with Gasteiger partial charge in [0.2, 0.25) is 0 Å². The molecular formula is C21H20F2O. The van der Waals surface area contributed by atoms with E-state index in [2.05, 4.69) is 0 Å². The van der Waals surface area contributed by atoms with Crippen molar-refractivity contribution in [2.45, 2.75) is 20.8 Å². The number of halogens is 2. The highest BCUT2D eigenvalue weighted by Crippen LogP contribution is 2.37. The molecule has 0 heterocycles. The minimum atomic E-state index is -0.321. The number of hydrogen-bond donors (Lipinski definition) is 0. The molecule has 0 aliphatic carbocycles. The van der Waals surface area contributed by atoms with Crippen LogP contribution in [0.15, 0.2) is 66.3 Å². The molecule has 2 aromatic rings. The van der Waals surface area contributed by atoms with Crippen LogP contribution in [0.25, 0.3) is 5.57 Å². The van der Waals surface area contributed by atoms with Crippen LogP contribution >= 0.6 is 0 Å². The third kappa shape index (κ3) is 4.25. The van der Waals surface area contributed by atoms with Gasteiger partial charge in [-0.05, 0) is 58.0 Å². The average molecular weight is 326 g/mol. The van der Waals surface area contributed by atoms with Crippen LogP contribution in [0.3, 0.4) is 0 Å². The number of hydrogen-bond acceptors (Lipinski definition) is 1. The summed E-state index contributed by atoms with van der Waals surface area (Å²) in [6.07, 6.45) is 3.92. The zero-order valence-corrected chi connectivity index (χ0v) is 14.0. The molecule has 124 valence electrons. The number of rotatable bonds is 4. The SMILES string of the molecule is CC(C)(C)C(C=CC=O)=C(c1ccc(F)cc1)c1ccc(F)cc1. The standard InChI is InChI=1S/C21H20F2O/c1-21(2,3)19(5-4-14-24)20(15-6-10-17(22)11-7-15)16-8-12-18(23)13-9-16/h4-14H,1-3H3. The van der Waals surface area contributed by atoms with Crippen molar-refractivity contribution in [3.8, 4) is 0 Å². The zero-order chi connectivity index (χ0) is 17.7. The number of aldehydes is 1. The molecule has 0 fully saturated rings. The van der Waals surface area contributed by atoms with Crippen LogP contribution in [-0.4, -0.2) is 6.29 Å². The Morgan fingerprint density at radius 2 is 1.25 bits per heavy atom. The lowest BCUT2D eigenvalue weighted by atomic mass is 9.79. The Balaban J connectivity index is 2.79. The van der Waals surface area contributed by atoms with Crippen LogP contribution in [0.2, 0.25) is 0 Å². The average Bonchev–Trinajstić information content (AvgIpc) is 2.53. The van der Waals surface area contributed by atoms with E-state index in [1.165, 1.54) is 30.3 Å². The maximum atomic E-state index is 13.3. The van der Waals surface area contributed by atoms with E-state index >= 15 is 0 Å². The van der Waals surface area contributed by atoms with E-state index in [0.717, 1.165) is 28.6 Å². The molecule has 0 radical (unpaired) electrons. The van der Waals surface area contributed by atoms with Crippen molar-refractivity contribution in [2.75, 3.05) is 0 Å². The summed E-state index contributed by atoms with van der Waals surface area (Å²) in [7, 11) is 0. The quantitative estimate of drug-likeness (QED) is 0.408. The molecule has 0 unspecified atom stereocenters. The number of carbonyl (C=O) groups is 1. The van der Waals surface area contributed by atoms with Crippen LogP contribution in [0.4, 0.5) is 8.78 Å². The molecule has 0 atom stereocenters. The molecule has 0 bridgehead atoms. The van der Waals surface area contributed by atoms with Crippen molar-refractivity contribution in [3.05, 3.63) is 89.0 Å². The van der Waals surface area contributed by atoms with E-state index in [1.54, 1.807) is 30.3 Å². The van der Waals surface area contributed by atoms with Gasteiger partial charge in [0, 0.05) is 0 Å². The molecular weight excluding hydrogens is 306 g/mol. The molecule has 0 aliphatic rings. The normalized spacial score (nSPS) is 11.5. The first-order valence-electron chi connectivity index (χ1n) is 7.71. The van der Waals surface area contributed by atoms with E-state index in [4.69, 9.17) is 0 Å². The minimum absolute atomic E-state index is 0.266. The largest absolute Gasteiger partial charge is 0.299 e. The maximum absolute atomic E-state index is 13.3. The predicted molar refractivity (Wildman–Crippen MR) is 93.5 cm³/mol. The zero-order valence-electron chi connectivity index (χ0n) is 14.0. The Kier molecular flexibility index (Phi) is 5.45. The molecule has 1 nitrogen and oxygen atoms in total. The van der Waals surface area contributed by atoms with E-state index < -0.39 is 0 Å². The summed E-state index contributed by atoms with van der Waals surface area (Å²) < 4.78 is 26.6. The van der Waals surface area contributed by atoms with Gasteiger partial charge in [0.1, 0.15) is 17.9 Å². The summed E-state index contributed by atoms with van der Waals surface area (Å²) in [5.41, 5.74) is 3.11. The molecule has 0 amide bonds. The molecule has 0 aliphatic heterocycles. The second-order valence-corrected chi connectivity index (χ2v) is 6.55. The van der Waals surface area contributed by atoms with Gasteiger partial charge in [0.25, 0.3) is 0 Å². The van der Waals surface area contributed by atoms with Crippen LogP contribution < -0.4 is 0 Å². The van der Waals surface area contributed by atoms with Crippen LogP contribution in [0.5, 0.6) is 0 Å². The van der Waals surface area contributed by atoms with Crippen LogP contribution in [-0.2, 0) is 4.79 Å². The summed E-state index contributed by atoms with van der Waals surface area (Å²) in [6.45, 7) is 6.10. The Morgan fingerprint density at radius 1 is 0.833 bits per heavy atom. The highest BCUT2D eigenvalue weighted by Gasteiger charge is 2.21. The summed E-state index contributed by atoms with van der Waals surface area (Å²) in [6, 6.07) is 12.3. The lowest BCUT2D eigenvalue weighted by Gasteiger charge is -2.25. The van der Waals surface area contributed by atoms with Crippen molar-refractivity contribution in [1.29, 1.82) is 0 Å². The lowest BCUT2D eigenvalue weighted by Crippen LogP contribution is -2.11. The Hall–Kier alpha value is -2.55. The lowest BCUT2D eigenvalue weighted by molar-refractivity contribution is -0.104. The highest BCUT2D eigenvalue weighted by atomic mass is 19.1. The van der Waals surface area contributed by atoms with Gasteiger partial charge in [-0.3, -0.25) is 4.79 Å². The number of benzene rings is 2. The number of allylic oxidation sites excluding steroid dienone is 3. The molecule has 2 rings (SSSR count). The third-order valence-corrected chi connectivity index (χ3v) is 3.68. The van der Waals surface area contributed by atoms with Gasteiger partial charge in [0.15, 0.2) is 0 Å². The highest BCUT2D eigenvalue weighted by molar-refractivity contribution is 5.85. The van der Waals surface area contributed by atoms with E-state index in [0.29, 0.717) is 0 Å².